The summed E-state index contributed by atoms with van der Waals surface area (Å²) < 4.78 is 7.88. The van der Waals surface area contributed by atoms with Gasteiger partial charge in [-0.15, -0.1) is 0 Å². The molecule has 9 heteroatoms. The van der Waals surface area contributed by atoms with Gasteiger partial charge in [0.2, 0.25) is 6.17 Å². The summed E-state index contributed by atoms with van der Waals surface area (Å²) in [5.74, 6) is 0. The lowest BCUT2D eigenvalue weighted by Crippen LogP contribution is -2.66. The Balaban J connectivity index is 1.70. The van der Waals surface area contributed by atoms with E-state index < -0.39 is 24.4 Å². The van der Waals surface area contributed by atoms with Gasteiger partial charge in [0.05, 0.1) is 12.8 Å². The maximum Gasteiger partial charge on any atom is 0.227 e. The van der Waals surface area contributed by atoms with Crippen LogP contribution in [0.5, 0.6) is 0 Å². The molecule has 24 heavy (non-hydrogen) atoms. The first kappa shape index (κ1) is 17.7. The Labute approximate surface area is 141 Å². The van der Waals surface area contributed by atoms with Crippen LogP contribution in [0, 0.1) is 0 Å². The zero-order chi connectivity index (χ0) is 17.4. The van der Waals surface area contributed by atoms with Gasteiger partial charge < -0.3 is 26.0 Å². The van der Waals surface area contributed by atoms with E-state index in [2.05, 4.69) is 27.8 Å². The molecule has 0 aromatic heterocycles. The first-order valence-corrected chi connectivity index (χ1v) is 8.42. The molecule has 0 radical (unpaired) electrons. The van der Waals surface area contributed by atoms with Gasteiger partial charge in [0, 0.05) is 11.7 Å². The van der Waals surface area contributed by atoms with Gasteiger partial charge in [-0.2, -0.15) is 0 Å². The fourth-order valence-electron chi connectivity index (χ4n) is 3.51. The molecule has 3 aliphatic heterocycles. The zero-order valence-electron chi connectivity index (χ0n) is 14.1. The van der Waals surface area contributed by atoms with Gasteiger partial charge in [-0.1, -0.05) is 6.58 Å². The topological polar surface area (TPSA) is 127 Å². The smallest absolute Gasteiger partial charge is 0.227 e. The number of nitrogens with two attached hydrogens (primary N) is 1. The Bertz CT molecular complexity index is 513. The molecule has 9 nitrogen and oxygen atoms in total. The van der Waals surface area contributed by atoms with E-state index in [1.807, 2.05) is 24.6 Å². The van der Waals surface area contributed by atoms with Crippen molar-refractivity contribution in [3.63, 3.8) is 0 Å². The first-order chi connectivity index (χ1) is 11.4. The maximum atomic E-state index is 10.3. The highest BCUT2D eigenvalue weighted by molar-refractivity contribution is 5.60. The lowest BCUT2D eigenvalue weighted by molar-refractivity contribution is -0.552. The minimum Gasteiger partial charge on any atom is -0.387 e. The molecule has 7 atom stereocenters. The van der Waals surface area contributed by atoms with Crippen LogP contribution in [0.1, 0.15) is 13.8 Å². The molecular weight excluding hydrogens is 312 g/mol. The number of aliphatic hydroxyl groups is 2. The van der Waals surface area contributed by atoms with E-state index >= 15 is 0 Å². The molecule has 7 unspecified atom stereocenters. The molecule has 0 saturated carbocycles. The number of nitrogens with one attached hydrogen (secondary N) is 4. The average Bonchev–Trinajstić information content (AvgIpc) is 3.05. The van der Waals surface area contributed by atoms with Crippen LogP contribution in [0.15, 0.2) is 12.3 Å². The summed E-state index contributed by atoms with van der Waals surface area (Å²) in [6, 6.07) is 0.240. The van der Waals surface area contributed by atoms with Gasteiger partial charge in [0.25, 0.3) is 0 Å². The van der Waals surface area contributed by atoms with Gasteiger partial charge in [-0.3, -0.25) is 5.32 Å². The van der Waals surface area contributed by atoms with E-state index in [1.54, 1.807) is 0 Å². The maximum absolute atomic E-state index is 10.3. The highest BCUT2D eigenvalue weighted by Gasteiger charge is 2.48. The third-order valence-corrected chi connectivity index (χ3v) is 4.70. The van der Waals surface area contributed by atoms with Crippen molar-refractivity contribution in [1.82, 2.24) is 21.3 Å². The minimum absolute atomic E-state index is 0.0187. The molecule has 3 aliphatic rings. The normalized spacial score (nSPS) is 44.1. The van der Waals surface area contributed by atoms with Gasteiger partial charge in [-0.05, 0) is 13.8 Å². The molecule has 3 heterocycles. The van der Waals surface area contributed by atoms with Crippen molar-refractivity contribution in [2.24, 2.45) is 5.73 Å². The fourth-order valence-corrected chi connectivity index (χ4v) is 3.51. The van der Waals surface area contributed by atoms with Crippen LogP contribution in [0.3, 0.4) is 0 Å². The second kappa shape index (κ2) is 7.04. The van der Waals surface area contributed by atoms with Crippen LogP contribution in [0.2, 0.25) is 0 Å². The molecule has 0 spiro atoms. The molecule has 8 N–H and O–H groups in total. The van der Waals surface area contributed by atoms with Crippen molar-refractivity contribution in [1.29, 1.82) is 0 Å². The van der Waals surface area contributed by atoms with Crippen molar-refractivity contribution in [2.75, 3.05) is 13.3 Å². The number of ether oxygens (including phenoxy) is 1. The van der Waals surface area contributed by atoms with Gasteiger partial charge >= 0.3 is 0 Å². The highest BCUT2D eigenvalue weighted by atomic mass is 16.5. The summed E-state index contributed by atoms with van der Waals surface area (Å²) in [7, 11) is 0. The standard InChI is InChI=1S/C15H29N6O3/c1-7(2)20-8(3)13-12(23)11(22)9(24-13)4-21-6-19-10-14(16)17-5-18-15(10)21/h4,7,9-15,17-20,22-23H,3,5-6,16H2,1-2H3/q+1. The van der Waals surface area contributed by atoms with Crippen molar-refractivity contribution < 1.29 is 19.5 Å². The molecule has 3 fully saturated rings. The summed E-state index contributed by atoms with van der Waals surface area (Å²) in [4.78, 5) is 0. The molecule has 0 aromatic rings. The summed E-state index contributed by atoms with van der Waals surface area (Å²) >= 11 is 0. The minimum atomic E-state index is -1.01. The van der Waals surface area contributed by atoms with Gasteiger partial charge in [0.1, 0.15) is 24.4 Å². The van der Waals surface area contributed by atoms with Crippen molar-refractivity contribution in [2.45, 2.75) is 62.7 Å². The molecular formula is C15H29N6O3+. The predicted molar refractivity (Wildman–Crippen MR) is 89.1 cm³/mol. The molecule has 0 bridgehead atoms. The van der Waals surface area contributed by atoms with E-state index in [-0.39, 0.29) is 24.4 Å². The Morgan fingerprint density at radius 2 is 2.08 bits per heavy atom. The van der Waals surface area contributed by atoms with E-state index in [0.29, 0.717) is 19.0 Å². The number of fused-ring (bicyclic) bond motifs is 1. The van der Waals surface area contributed by atoms with Crippen molar-refractivity contribution in [3.8, 4) is 0 Å². The summed E-state index contributed by atoms with van der Waals surface area (Å²) in [6.45, 7) is 9.09. The summed E-state index contributed by atoms with van der Waals surface area (Å²) in [5, 5.41) is 33.6. The SMILES string of the molecule is C=C(NC(C)C)C1OC(C=[N+]2CNC3C(N)NCNC32)C(O)C1O. The molecule has 136 valence electrons. The van der Waals surface area contributed by atoms with Crippen LogP contribution < -0.4 is 27.0 Å². The molecule has 3 rings (SSSR count). The van der Waals surface area contributed by atoms with Gasteiger partial charge in [0.15, 0.2) is 19.0 Å². The van der Waals surface area contributed by atoms with Crippen LogP contribution in [-0.4, -0.2) is 83.2 Å². The van der Waals surface area contributed by atoms with Gasteiger partial charge in [-0.25, -0.2) is 15.2 Å². The summed E-state index contributed by atoms with van der Waals surface area (Å²) in [6.07, 6.45) is -1.57. The number of aliphatic hydroxyl groups excluding tert-OH is 2. The number of nitrogens with zero attached hydrogens (tertiary/aromatic N) is 1. The van der Waals surface area contributed by atoms with Crippen LogP contribution in [0.4, 0.5) is 0 Å². The fraction of sp³-hybridized carbons (Fsp3) is 0.800. The molecule has 0 aromatic carbocycles. The first-order valence-electron chi connectivity index (χ1n) is 8.42. The van der Waals surface area contributed by atoms with E-state index in [0.717, 1.165) is 0 Å². The quantitative estimate of drug-likeness (QED) is 0.266. The second-order valence-corrected chi connectivity index (χ2v) is 6.93. The Kier molecular flexibility index (Phi) is 5.21. The molecule has 0 aliphatic carbocycles. The largest absolute Gasteiger partial charge is 0.387 e. The van der Waals surface area contributed by atoms with E-state index in [4.69, 9.17) is 10.5 Å². The van der Waals surface area contributed by atoms with Crippen LogP contribution >= 0.6 is 0 Å². The van der Waals surface area contributed by atoms with Crippen molar-refractivity contribution in [3.05, 3.63) is 12.3 Å². The zero-order valence-corrected chi connectivity index (χ0v) is 14.1. The third-order valence-electron chi connectivity index (χ3n) is 4.70. The summed E-state index contributed by atoms with van der Waals surface area (Å²) in [5.41, 5.74) is 6.63. The Morgan fingerprint density at radius 1 is 1.33 bits per heavy atom. The Hall–Kier alpha value is -1.07. The highest BCUT2D eigenvalue weighted by Crippen LogP contribution is 2.24. The third kappa shape index (κ3) is 3.33. The predicted octanol–water partition coefficient (Wildman–Crippen LogP) is -3.24. The average molecular weight is 341 g/mol. The van der Waals surface area contributed by atoms with Crippen LogP contribution in [-0.2, 0) is 4.74 Å². The number of hydrogen-bond acceptors (Lipinski definition) is 8. The number of hydrogen-bond donors (Lipinski definition) is 7. The lowest BCUT2D eigenvalue weighted by atomic mass is 10.1. The Morgan fingerprint density at radius 3 is 2.79 bits per heavy atom. The lowest BCUT2D eigenvalue weighted by Gasteiger charge is -2.29. The van der Waals surface area contributed by atoms with E-state index in [1.165, 1.54) is 0 Å². The second-order valence-electron chi connectivity index (χ2n) is 6.93. The number of rotatable bonds is 4. The van der Waals surface area contributed by atoms with Crippen molar-refractivity contribution >= 4 is 6.21 Å². The van der Waals surface area contributed by atoms with Crippen LogP contribution in [0.25, 0.3) is 0 Å². The van der Waals surface area contributed by atoms with E-state index in [9.17, 15) is 10.2 Å². The molecule has 3 saturated heterocycles. The molecule has 0 amide bonds. The monoisotopic (exact) mass is 341 g/mol.